The zero-order valence-electron chi connectivity index (χ0n) is 12.1. The maximum Gasteiger partial charge on any atom is 0.329 e. The molecule has 110 valence electrons. The normalized spacial score (nSPS) is 17.8. The molecule has 5 nitrogen and oxygen atoms in total. The van der Waals surface area contributed by atoms with E-state index in [0.29, 0.717) is 25.9 Å². The van der Waals surface area contributed by atoms with Crippen LogP contribution in [0.25, 0.3) is 0 Å². The average molecular weight is 270 g/mol. The van der Waals surface area contributed by atoms with E-state index in [1.165, 1.54) is 0 Å². The molecule has 1 fully saturated rings. The largest absolute Gasteiger partial charge is 0.480 e. The van der Waals surface area contributed by atoms with Gasteiger partial charge >= 0.3 is 12.0 Å². The molecular weight excluding hydrogens is 244 g/mol. The lowest BCUT2D eigenvalue weighted by molar-refractivity contribution is -0.146. The Hall–Kier alpha value is -1.26. The molecule has 19 heavy (non-hydrogen) atoms. The van der Waals surface area contributed by atoms with Gasteiger partial charge in [-0.3, -0.25) is 0 Å². The van der Waals surface area contributed by atoms with Gasteiger partial charge < -0.3 is 15.3 Å². The van der Waals surface area contributed by atoms with Crippen LogP contribution >= 0.6 is 0 Å². The Morgan fingerprint density at radius 3 is 2.32 bits per heavy atom. The zero-order chi connectivity index (χ0) is 14.3. The standard InChI is InChI=1S/C14H26N2O3/c1-3-5-11-16(4-2)13(19)15-14(12(17)18)9-7-6-8-10-14/h3-11H2,1-2H3,(H,15,19)(H,17,18). The van der Waals surface area contributed by atoms with Crippen molar-refractivity contribution in [2.24, 2.45) is 0 Å². The van der Waals surface area contributed by atoms with Gasteiger partial charge in [0.1, 0.15) is 5.54 Å². The molecule has 0 aliphatic heterocycles. The minimum atomic E-state index is -1.05. The molecule has 0 heterocycles. The number of hydrogen-bond donors (Lipinski definition) is 2. The van der Waals surface area contributed by atoms with Crippen LogP contribution in [0.4, 0.5) is 4.79 Å². The van der Waals surface area contributed by atoms with Gasteiger partial charge in [-0.15, -0.1) is 0 Å². The van der Waals surface area contributed by atoms with Gasteiger partial charge in [-0.1, -0.05) is 32.6 Å². The average Bonchev–Trinajstić information content (AvgIpc) is 2.40. The van der Waals surface area contributed by atoms with E-state index in [1.54, 1.807) is 4.90 Å². The molecule has 0 aromatic rings. The Balaban J connectivity index is 2.67. The maximum absolute atomic E-state index is 12.2. The van der Waals surface area contributed by atoms with E-state index in [2.05, 4.69) is 12.2 Å². The topological polar surface area (TPSA) is 69.6 Å². The summed E-state index contributed by atoms with van der Waals surface area (Å²) < 4.78 is 0. The zero-order valence-corrected chi connectivity index (χ0v) is 12.1. The highest BCUT2D eigenvalue weighted by atomic mass is 16.4. The third-order valence-electron chi connectivity index (χ3n) is 3.91. The number of carbonyl (C=O) groups excluding carboxylic acids is 1. The summed E-state index contributed by atoms with van der Waals surface area (Å²) in [5.74, 6) is -0.896. The lowest BCUT2D eigenvalue weighted by atomic mass is 9.82. The van der Waals surface area contributed by atoms with Gasteiger partial charge in [0.05, 0.1) is 0 Å². The smallest absolute Gasteiger partial charge is 0.329 e. The molecule has 1 aliphatic carbocycles. The fourth-order valence-electron chi connectivity index (χ4n) is 2.58. The highest BCUT2D eigenvalue weighted by Gasteiger charge is 2.41. The molecule has 0 aromatic carbocycles. The molecule has 0 bridgehead atoms. The van der Waals surface area contributed by atoms with Crippen LogP contribution in [-0.2, 0) is 4.79 Å². The molecule has 5 heteroatoms. The fourth-order valence-corrected chi connectivity index (χ4v) is 2.58. The number of rotatable bonds is 6. The van der Waals surface area contributed by atoms with Crippen LogP contribution < -0.4 is 5.32 Å². The summed E-state index contributed by atoms with van der Waals surface area (Å²) in [7, 11) is 0. The van der Waals surface area contributed by atoms with Gasteiger partial charge in [0, 0.05) is 13.1 Å². The summed E-state index contributed by atoms with van der Waals surface area (Å²) in [4.78, 5) is 25.4. The number of carboxylic acids is 1. The summed E-state index contributed by atoms with van der Waals surface area (Å²) >= 11 is 0. The predicted octanol–water partition coefficient (Wildman–Crippen LogP) is 2.61. The van der Waals surface area contributed by atoms with E-state index in [4.69, 9.17) is 0 Å². The Kier molecular flexibility index (Phi) is 6.12. The molecule has 0 spiro atoms. The van der Waals surface area contributed by atoms with Crippen LogP contribution in [0.2, 0.25) is 0 Å². The van der Waals surface area contributed by atoms with Crippen molar-refractivity contribution in [3.8, 4) is 0 Å². The number of carboxylic acid groups (broad SMARTS) is 1. The number of nitrogens with zero attached hydrogens (tertiary/aromatic N) is 1. The van der Waals surface area contributed by atoms with Crippen molar-refractivity contribution in [3.63, 3.8) is 0 Å². The SMILES string of the molecule is CCCCN(CC)C(=O)NC1(C(=O)O)CCCCC1. The molecule has 0 atom stereocenters. The van der Waals surface area contributed by atoms with Crippen molar-refractivity contribution in [1.29, 1.82) is 0 Å². The second-order valence-corrected chi connectivity index (χ2v) is 5.31. The van der Waals surface area contributed by atoms with E-state index in [0.717, 1.165) is 32.1 Å². The van der Waals surface area contributed by atoms with Crippen molar-refractivity contribution >= 4 is 12.0 Å². The van der Waals surface area contributed by atoms with Gasteiger partial charge in [-0.2, -0.15) is 0 Å². The quantitative estimate of drug-likeness (QED) is 0.779. The van der Waals surface area contributed by atoms with Crippen molar-refractivity contribution in [3.05, 3.63) is 0 Å². The highest BCUT2D eigenvalue weighted by molar-refractivity contribution is 5.86. The summed E-state index contributed by atoms with van der Waals surface area (Å²) in [6.45, 7) is 5.30. The summed E-state index contributed by atoms with van der Waals surface area (Å²) in [6.07, 6.45) is 5.84. The van der Waals surface area contributed by atoms with Crippen molar-refractivity contribution in [1.82, 2.24) is 10.2 Å². The lowest BCUT2D eigenvalue weighted by Gasteiger charge is -2.36. The maximum atomic E-state index is 12.2. The van der Waals surface area contributed by atoms with E-state index in [9.17, 15) is 14.7 Å². The van der Waals surface area contributed by atoms with E-state index < -0.39 is 11.5 Å². The van der Waals surface area contributed by atoms with Gasteiger partial charge in [0.15, 0.2) is 0 Å². The monoisotopic (exact) mass is 270 g/mol. The first kappa shape index (κ1) is 15.8. The van der Waals surface area contributed by atoms with Crippen molar-refractivity contribution < 1.29 is 14.7 Å². The number of aliphatic carboxylic acids is 1. The highest BCUT2D eigenvalue weighted by Crippen LogP contribution is 2.28. The number of urea groups is 1. The minimum absolute atomic E-state index is 0.236. The number of nitrogens with one attached hydrogen (secondary N) is 1. The van der Waals surface area contributed by atoms with Gasteiger partial charge in [0.2, 0.25) is 0 Å². The molecule has 0 aromatic heterocycles. The number of carbonyl (C=O) groups is 2. The minimum Gasteiger partial charge on any atom is -0.480 e. The molecule has 1 rings (SSSR count). The van der Waals surface area contributed by atoms with Crippen LogP contribution in [0, 0.1) is 0 Å². The molecule has 2 N–H and O–H groups in total. The number of hydrogen-bond acceptors (Lipinski definition) is 2. The third kappa shape index (κ3) is 4.11. The lowest BCUT2D eigenvalue weighted by Crippen LogP contribution is -2.58. The molecule has 0 saturated heterocycles. The molecule has 2 amide bonds. The third-order valence-corrected chi connectivity index (χ3v) is 3.91. The first-order chi connectivity index (χ1) is 9.05. The summed E-state index contributed by atoms with van der Waals surface area (Å²) in [6, 6.07) is -0.236. The summed E-state index contributed by atoms with van der Waals surface area (Å²) in [5, 5.41) is 12.2. The first-order valence-electron chi connectivity index (χ1n) is 7.36. The molecule has 0 unspecified atom stereocenters. The Labute approximate surface area is 115 Å². The second kappa shape index (κ2) is 7.36. The van der Waals surface area contributed by atoms with E-state index in [-0.39, 0.29) is 6.03 Å². The molecular formula is C14H26N2O3. The van der Waals surface area contributed by atoms with Crippen molar-refractivity contribution in [2.45, 2.75) is 64.3 Å². The van der Waals surface area contributed by atoms with Crippen LogP contribution in [0.5, 0.6) is 0 Å². The van der Waals surface area contributed by atoms with Crippen LogP contribution in [0.15, 0.2) is 0 Å². The summed E-state index contributed by atoms with van der Waals surface area (Å²) in [5.41, 5.74) is -1.05. The van der Waals surface area contributed by atoms with Gasteiger partial charge in [0.25, 0.3) is 0 Å². The molecule has 0 radical (unpaired) electrons. The first-order valence-corrected chi connectivity index (χ1v) is 7.36. The van der Waals surface area contributed by atoms with Gasteiger partial charge in [-0.25, -0.2) is 9.59 Å². The molecule has 1 saturated carbocycles. The van der Waals surface area contributed by atoms with Crippen LogP contribution in [-0.4, -0.2) is 40.6 Å². The van der Waals surface area contributed by atoms with Gasteiger partial charge in [-0.05, 0) is 26.2 Å². The Bertz CT molecular complexity index is 312. The van der Waals surface area contributed by atoms with Crippen molar-refractivity contribution in [2.75, 3.05) is 13.1 Å². The van der Waals surface area contributed by atoms with E-state index in [1.807, 2.05) is 6.92 Å². The Morgan fingerprint density at radius 1 is 1.21 bits per heavy atom. The number of amides is 2. The second-order valence-electron chi connectivity index (χ2n) is 5.31. The molecule has 1 aliphatic rings. The van der Waals surface area contributed by atoms with Crippen LogP contribution in [0.3, 0.4) is 0 Å². The Morgan fingerprint density at radius 2 is 1.84 bits per heavy atom. The van der Waals surface area contributed by atoms with E-state index >= 15 is 0 Å². The predicted molar refractivity (Wildman–Crippen MR) is 74.1 cm³/mol. The van der Waals surface area contributed by atoms with Crippen LogP contribution in [0.1, 0.15) is 58.8 Å². The fraction of sp³-hybridized carbons (Fsp3) is 0.857. The number of unbranched alkanes of at least 4 members (excludes halogenated alkanes) is 1.